The first kappa shape index (κ1) is 23.6. The molecule has 0 aliphatic heterocycles. The Morgan fingerprint density at radius 2 is 1.73 bits per heavy atom. The van der Waals surface area contributed by atoms with Crippen LogP contribution in [0.25, 0.3) is 5.69 Å². The number of aliphatic imine (C=N–C) groups is 1. The Labute approximate surface area is 189 Å². The highest BCUT2D eigenvalue weighted by Gasteiger charge is 2.29. The predicted molar refractivity (Wildman–Crippen MR) is 120 cm³/mol. The number of aromatic nitrogens is 3. The quantitative estimate of drug-likeness (QED) is 0.286. The summed E-state index contributed by atoms with van der Waals surface area (Å²) in [6, 6.07) is 14.7. The monoisotopic (exact) mass is 530 g/mol. The third-order valence-corrected chi connectivity index (χ3v) is 4.11. The molecule has 0 unspecified atom stereocenters. The lowest BCUT2D eigenvalue weighted by Gasteiger charge is -2.12. The van der Waals surface area contributed by atoms with Crippen LogP contribution in [0.3, 0.4) is 0 Å². The van der Waals surface area contributed by atoms with E-state index in [1.807, 2.05) is 41.8 Å². The number of benzene rings is 2. The molecule has 10 heteroatoms. The van der Waals surface area contributed by atoms with Gasteiger partial charge < -0.3 is 10.6 Å². The molecule has 0 saturated carbocycles. The van der Waals surface area contributed by atoms with Gasteiger partial charge in [0.1, 0.15) is 6.33 Å². The Hall–Kier alpha value is -2.63. The first-order valence-electron chi connectivity index (χ1n) is 9.10. The maximum atomic E-state index is 12.7. The molecule has 1 aromatic heterocycles. The van der Waals surface area contributed by atoms with Gasteiger partial charge in [0.25, 0.3) is 0 Å². The highest BCUT2D eigenvalue weighted by atomic mass is 127. The SMILES string of the molecule is CCNC(=NCc1ccc(C(F)(F)F)cc1)NCc1nncn1-c1ccccc1.I. The normalized spacial score (nSPS) is 11.7. The lowest BCUT2D eigenvalue weighted by Crippen LogP contribution is -2.37. The minimum absolute atomic E-state index is 0. The molecule has 0 aliphatic carbocycles. The summed E-state index contributed by atoms with van der Waals surface area (Å²) in [5.41, 5.74) is 0.958. The lowest BCUT2D eigenvalue weighted by atomic mass is 10.1. The molecule has 0 saturated heterocycles. The van der Waals surface area contributed by atoms with Gasteiger partial charge in [0.2, 0.25) is 0 Å². The standard InChI is InChI=1S/C20H21F3N6.HI/c1-2-24-19(25-12-15-8-10-16(11-9-15)20(21,22)23)26-13-18-28-27-14-29(18)17-6-4-3-5-7-17;/h3-11,14H,2,12-13H2,1H3,(H2,24,25,26);1H. The van der Waals surface area contributed by atoms with Crippen LogP contribution in [0.4, 0.5) is 13.2 Å². The number of rotatable bonds is 6. The van der Waals surface area contributed by atoms with Crippen molar-refractivity contribution in [2.75, 3.05) is 6.54 Å². The average molecular weight is 530 g/mol. The summed E-state index contributed by atoms with van der Waals surface area (Å²) in [5, 5.41) is 14.4. The fraction of sp³-hybridized carbons (Fsp3) is 0.250. The maximum Gasteiger partial charge on any atom is 0.416 e. The third kappa shape index (κ3) is 6.44. The van der Waals surface area contributed by atoms with Gasteiger partial charge in [-0.25, -0.2) is 4.99 Å². The van der Waals surface area contributed by atoms with Crippen LogP contribution in [-0.4, -0.2) is 27.3 Å². The Bertz CT molecular complexity index is 939. The molecule has 0 atom stereocenters. The molecule has 1 heterocycles. The molecule has 2 N–H and O–H groups in total. The number of hydrogen-bond donors (Lipinski definition) is 2. The Kier molecular flexibility index (Phi) is 8.63. The molecule has 160 valence electrons. The summed E-state index contributed by atoms with van der Waals surface area (Å²) < 4.78 is 39.9. The lowest BCUT2D eigenvalue weighted by molar-refractivity contribution is -0.137. The molecule has 30 heavy (non-hydrogen) atoms. The second kappa shape index (κ2) is 11.0. The number of halogens is 4. The summed E-state index contributed by atoms with van der Waals surface area (Å²) in [6.07, 6.45) is -2.70. The van der Waals surface area contributed by atoms with Gasteiger partial charge in [-0.2, -0.15) is 13.2 Å². The van der Waals surface area contributed by atoms with E-state index in [4.69, 9.17) is 0 Å². The average Bonchev–Trinajstić information content (AvgIpc) is 3.19. The molecule has 0 fully saturated rings. The summed E-state index contributed by atoms with van der Waals surface area (Å²) in [6.45, 7) is 3.21. The van der Waals surface area contributed by atoms with Crippen molar-refractivity contribution in [3.8, 4) is 5.69 Å². The van der Waals surface area contributed by atoms with Crippen molar-refractivity contribution in [3.63, 3.8) is 0 Å². The second-order valence-electron chi connectivity index (χ2n) is 6.20. The van der Waals surface area contributed by atoms with E-state index in [-0.39, 0.29) is 30.5 Å². The highest BCUT2D eigenvalue weighted by molar-refractivity contribution is 14.0. The first-order chi connectivity index (χ1) is 14.0. The van der Waals surface area contributed by atoms with Gasteiger partial charge in [-0.3, -0.25) is 4.57 Å². The predicted octanol–water partition coefficient (Wildman–Crippen LogP) is 4.16. The van der Waals surface area contributed by atoms with Gasteiger partial charge in [0.15, 0.2) is 11.8 Å². The largest absolute Gasteiger partial charge is 0.416 e. The van der Waals surface area contributed by atoms with E-state index >= 15 is 0 Å². The zero-order valence-electron chi connectivity index (χ0n) is 16.2. The minimum atomic E-state index is -4.34. The fourth-order valence-electron chi connectivity index (χ4n) is 2.66. The molecule has 3 rings (SSSR count). The molecular weight excluding hydrogens is 508 g/mol. The van der Waals surface area contributed by atoms with Crippen LogP contribution in [0.1, 0.15) is 23.9 Å². The highest BCUT2D eigenvalue weighted by Crippen LogP contribution is 2.29. The van der Waals surface area contributed by atoms with E-state index < -0.39 is 11.7 Å². The van der Waals surface area contributed by atoms with E-state index in [0.29, 0.717) is 30.4 Å². The van der Waals surface area contributed by atoms with Gasteiger partial charge in [0, 0.05) is 12.2 Å². The van der Waals surface area contributed by atoms with Gasteiger partial charge in [0.05, 0.1) is 18.7 Å². The molecule has 6 nitrogen and oxygen atoms in total. The zero-order valence-corrected chi connectivity index (χ0v) is 18.6. The van der Waals surface area contributed by atoms with Crippen molar-refractivity contribution < 1.29 is 13.2 Å². The molecule has 3 aromatic rings. The number of guanidine groups is 1. The molecule has 2 aromatic carbocycles. The number of nitrogens with one attached hydrogen (secondary N) is 2. The van der Waals surface area contributed by atoms with Crippen molar-refractivity contribution in [1.29, 1.82) is 0 Å². The number of alkyl halides is 3. The molecular formula is C20H22F3IN6. The minimum Gasteiger partial charge on any atom is -0.357 e. The van der Waals surface area contributed by atoms with Crippen LogP contribution in [0, 0.1) is 0 Å². The summed E-state index contributed by atoms with van der Waals surface area (Å²) >= 11 is 0. The molecule has 0 bridgehead atoms. The van der Waals surface area contributed by atoms with Crippen molar-refractivity contribution in [2.24, 2.45) is 4.99 Å². The smallest absolute Gasteiger partial charge is 0.357 e. The first-order valence-corrected chi connectivity index (χ1v) is 9.10. The van der Waals surface area contributed by atoms with Crippen molar-refractivity contribution in [2.45, 2.75) is 26.2 Å². The Morgan fingerprint density at radius 3 is 2.37 bits per heavy atom. The summed E-state index contributed by atoms with van der Waals surface area (Å²) in [5.74, 6) is 1.24. The number of nitrogens with zero attached hydrogens (tertiary/aromatic N) is 4. The van der Waals surface area contributed by atoms with Crippen LogP contribution in [0.5, 0.6) is 0 Å². The van der Waals surface area contributed by atoms with E-state index in [0.717, 1.165) is 17.8 Å². The molecule has 0 spiro atoms. The summed E-state index contributed by atoms with van der Waals surface area (Å²) in [7, 11) is 0. The molecule has 0 radical (unpaired) electrons. The van der Waals surface area contributed by atoms with Gasteiger partial charge in [-0.1, -0.05) is 30.3 Å². The molecule has 0 aliphatic rings. The molecule has 0 amide bonds. The number of para-hydroxylation sites is 1. The van der Waals surface area contributed by atoms with Crippen LogP contribution < -0.4 is 10.6 Å². The van der Waals surface area contributed by atoms with Gasteiger partial charge >= 0.3 is 6.18 Å². The zero-order chi connectivity index (χ0) is 20.7. The van der Waals surface area contributed by atoms with E-state index in [2.05, 4.69) is 25.8 Å². The third-order valence-electron chi connectivity index (χ3n) is 4.11. The topological polar surface area (TPSA) is 67.1 Å². The van der Waals surface area contributed by atoms with Crippen molar-refractivity contribution in [1.82, 2.24) is 25.4 Å². The van der Waals surface area contributed by atoms with Crippen LogP contribution in [0.2, 0.25) is 0 Å². The van der Waals surface area contributed by atoms with Gasteiger partial charge in [-0.05, 0) is 36.8 Å². The van der Waals surface area contributed by atoms with Crippen LogP contribution in [-0.2, 0) is 19.3 Å². The fourth-order valence-corrected chi connectivity index (χ4v) is 2.66. The van der Waals surface area contributed by atoms with Gasteiger partial charge in [-0.15, -0.1) is 34.2 Å². The van der Waals surface area contributed by atoms with E-state index in [1.54, 1.807) is 6.33 Å². The maximum absolute atomic E-state index is 12.7. The Morgan fingerprint density at radius 1 is 1.03 bits per heavy atom. The number of hydrogen-bond acceptors (Lipinski definition) is 3. The van der Waals surface area contributed by atoms with E-state index in [9.17, 15) is 13.2 Å². The van der Waals surface area contributed by atoms with E-state index in [1.165, 1.54) is 12.1 Å². The summed E-state index contributed by atoms with van der Waals surface area (Å²) in [4.78, 5) is 4.43. The Balaban J connectivity index is 0.00000320. The van der Waals surface area contributed by atoms with Crippen molar-refractivity contribution >= 4 is 29.9 Å². The van der Waals surface area contributed by atoms with Crippen LogP contribution >= 0.6 is 24.0 Å². The van der Waals surface area contributed by atoms with Crippen LogP contribution in [0.15, 0.2) is 65.9 Å². The van der Waals surface area contributed by atoms with Crippen molar-refractivity contribution in [3.05, 3.63) is 77.9 Å². The second-order valence-corrected chi connectivity index (χ2v) is 6.20.